The lowest BCUT2D eigenvalue weighted by Gasteiger charge is -2.09. The molecular formula is C10H7Cl2N3O4S2. The summed E-state index contributed by atoms with van der Waals surface area (Å²) >= 11 is 12.6. The second-order valence-electron chi connectivity index (χ2n) is 3.77. The highest BCUT2D eigenvalue weighted by molar-refractivity contribution is 7.93. The molecule has 0 aliphatic carbocycles. The van der Waals surface area contributed by atoms with Gasteiger partial charge < -0.3 is 5.11 Å². The number of anilines is 1. The van der Waals surface area contributed by atoms with E-state index in [-0.39, 0.29) is 10.2 Å². The van der Waals surface area contributed by atoms with Crippen LogP contribution in [0.5, 0.6) is 0 Å². The van der Waals surface area contributed by atoms with Crippen molar-refractivity contribution in [1.29, 1.82) is 0 Å². The number of carboxylic acids is 1. The fourth-order valence-electron chi connectivity index (χ4n) is 1.44. The van der Waals surface area contributed by atoms with E-state index in [2.05, 4.69) is 14.9 Å². The molecule has 0 saturated carbocycles. The van der Waals surface area contributed by atoms with Gasteiger partial charge in [-0.25, -0.2) is 13.2 Å². The van der Waals surface area contributed by atoms with Crippen LogP contribution in [0, 0.1) is 6.92 Å². The second-order valence-corrected chi connectivity index (χ2v) is 7.39. The Kier molecular flexibility index (Phi) is 4.38. The number of carbonyl (C=O) groups is 1. The summed E-state index contributed by atoms with van der Waals surface area (Å²) in [4.78, 5) is 10.7. The molecule has 7 nitrogen and oxygen atoms in total. The molecule has 112 valence electrons. The summed E-state index contributed by atoms with van der Waals surface area (Å²) in [6, 6.07) is 2.27. The first-order valence-electron chi connectivity index (χ1n) is 5.26. The zero-order valence-electron chi connectivity index (χ0n) is 10.3. The van der Waals surface area contributed by atoms with Crippen LogP contribution in [0.4, 0.5) is 5.13 Å². The summed E-state index contributed by atoms with van der Waals surface area (Å²) in [6.07, 6.45) is 0. The largest absolute Gasteiger partial charge is 0.478 e. The highest BCUT2D eigenvalue weighted by atomic mass is 35.5. The number of rotatable bonds is 4. The van der Waals surface area contributed by atoms with Gasteiger partial charge >= 0.3 is 5.97 Å². The van der Waals surface area contributed by atoms with E-state index in [0.717, 1.165) is 23.5 Å². The van der Waals surface area contributed by atoms with Crippen molar-refractivity contribution < 1.29 is 18.3 Å². The molecule has 11 heteroatoms. The van der Waals surface area contributed by atoms with Crippen LogP contribution in [0.2, 0.25) is 10.0 Å². The maximum absolute atomic E-state index is 12.2. The molecule has 0 atom stereocenters. The topological polar surface area (TPSA) is 109 Å². The second kappa shape index (κ2) is 5.76. The number of aryl methyl sites for hydroxylation is 1. The van der Waals surface area contributed by atoms with Gasteiger partial charge in [-0.3, -0.25) is 4.72 Å². The van der Waals surface area contributed by atoms with Gasteiger partial charge in [0.1, 0.15) is 9.90 Å². The Morgan fingerprint density at radius 3 is 2.52 bits per heavy atom. The van der Waals surface area contributed by atoms with Crippen molar-refractivity contribution in [2.24, 2.45) is 0 Å². The lowest BCUT2D eigenvalue weighted by molar-refractivity contribution is 0.0697. The van der Waals surface area contributed by atoms with Gasteiger partial charge in [0.15, 0.2) is 0 Å². The minimum absolute atomic E-state index is 0.0513. The number of sulfonamides is 1. The Bertz CT molecular complexity index is 820. The molecular weight excluding hydrogens is 361 g/mol. The summed E-state index contributed by atoms with van der Waals surface area (Å²) in [5, 5.41) is 16.3. The predicted molar refractivity (Wildman–Crippen MR) is 78.9 cm³/mol. The molecule has 2 rings (SSSR count). The van der Waals surface area contributed by atoms with Gasteiger partial charge in [0.2, 0.25) is 5.13 Å². The van der Waals surface area contributed by atoms with Gasteiger partial charge in [0, 0.05) is 0 Å². The smallest absolute Gasteiger partial charge is 0.338 e. The molecule has 2 N–H and O–H groups in total. The van der Waals surface area contributed by atoms with Crippen LogP contribution in [-0.4, -0.2) is 29.7 Å². The van der Waals surface area contributed by atoms with E-state index in [4.69, 9.17) is 28.3 Å². The van der Waals surface area contributed by atoms with Gasteiger partial charge in [0.05, 0.1) is 15.6 Å². The predicted octanol–water partition coefficient (Wildman–Crippen LogP) is 2.65. The van der Waals surface area contributed by atoms with Crippen LogP contribution in [0.3, 0.4) is 0 Å². The lowest BCUT2D eigenvalue weighted by Crippen LogP contribution is -2.15. The number of hydrogen-bond acceptors (Lipinski definition) is 6. The molecule has 1 aromatic carbocycles. The molecule has 1 heterocycles. The van der Waals surface area contributed by atoms with Crippen LogP contribution in [0.25, 0.3) is 0 Å². The van der Waals surface area contributed by atoms with Gasteiger partial charge in [-0.2, -0.15) is 0 Å². The number of nitrogens with one attached hydrogen (secondary N) is 1. The number of halogens is 2. The number of carboxylic acid groups (broad SMARTS) is 1. The average molecular weight is 368 g/mol. The van der Waals surface area contributed by atoms with Gasteiger partial charge in [-0.1, -0.05) is 34.5 Å². The number of benzene rings is 1. The maximum Gasteiger partial charge on any atom is 0.338 e. The summed E-state index contributed by atoms with van der Waals surface area (Å²) < 4.78 is 26.6. The Morgan fingerprint density at radius 2 is 2.00 bits per heavy atom. The van der Waals surface area contributed by atoms with E-state index >= 15 is 0 Å². The van der Waals surface area contributed by atoms with E-state index in [9.17, 15) is 13.2 Å². The molecule has 0 spiro atoms. The number of aromatic carboxylic acids is 1. The highest BCUT2D eigenvalue weighted by Crippen LogP contribution is 2.32. The van der Waals surface area contributed by atoms with E-state index in [1.165, 1.54) is 0 Å². The van der Waals surface area contributed by atoms with Crippen molar-refractivity contribution in [1.82, 2.24) is 10.2 Å². The first kappa shape index (κ1) is 16.0. The van der Waals surface area contributed by atoms with Crippen molar-refractivity contribution in [3.8, 4) is 0 Å². The molecule has 21 heavy (non-hydrogen) atoms. The van der Waals surface area contributed by atoms with Crippen LogP contribution in [-0.2, 0) is 10.0 Å². The van der Waals surface area contributed by atoms with Crippen molar-refractivity contribution in [3.05, 3.63) is 32.7 Å². The molecule has 0 bridgehead atoms. The SMILES string of the molecule is Cc1nnc(NS(=O)(=O)c2ccc(Cl)c(C(=O)O)c2Cl)s1. The zero-order valence-corrected chi connectivity index (χ0v) is 13.4. The third-order valence-corrected chi connectivity index (χ3v) is 5.39. The van der Waals surface area contributed by atoms with E-state index < -0.39 is 31.5 Å². The Hall–Kier alpha value is -1.42. The van der Waals surface area contributed by atoms with E-state index in [1.807, 2.05) is 0 Å². The van der Waals surface area contributed by atoms with Crippen LogP contribution < -0.4 is 4.72 Å². The van der Waals surface area contributed by atoms with Crippen molar-refractivity contribution >= 4 is 55.7 Å². The quantitative estimate of drug-likeness (QED) is 0.859. The minimum Gasteiger partial charge on any atom is -0.478 e. The summed E-state index contributed by atoms with van der Waals surface area (Å²) in [7, 11) is -4.10. The van der Waals surface area contributed by atoms with Crippen molar-refractivity contribution in [3.63, 3.8) is 0 Å². The summed E-state index contributed by atoms with van der Waals surface area (Å²) in [5.41, 5.74) is -0.477. The molecule has 2 aromatic rings. The Morgan fingerprint density at radius 1 is 1.33 bits per heavy atom. The first-order chi connectivity index (χ1) is 9.72. The van der Waals surface area contributed by atoms with Crippen LogP contribution >= 0.6 is 34.5 Å². The first-order valence-corrected chi connectivity index (χ1v) is 8.32. The third kappa shape index (κ3) is 3.26. The molecule has 0 amide bonds. The number of nitrogens with zero attached hydrogens (tertiary/aromatic N) is 2. The van der Waals surface area contributed by atoms with E-state index in [0.29, 0.717) is 5.01 Å². The lowest BCUT2D eigenvalue weighted by atomic mass is 10.2. The molecule has 0 saturated heterocycles. The standard InChI is InChI=1S/C10H7Cl2N3O4S2/c1-4-13-14-10(20-4)15-21(18,19)6-3-2-5(11)7(8(6)12)9(16)17/h2-3H,1H3,(H,14,15)(H,16,17). The molecule has 0 aliphatic rings. The summed E-state index contributed by atoms with van der Waals surface area (Å²) in [5.74, 6) is -1.42. The maximum atomic E-state index is 12.2. The molecule has 0 radical (unpaired) electrons. The van der Waals surface area contributed by atoms with E-state index in [1.54, 1.807) is 6.92 Å². The molecule has 1 aromatic heterocycles. The monoisotopic (exact) mass is 367 g/mol. The number of aromatic nitrogens is 2. The fourth-order valence-corrected chi connectivity index (χ4v) is 4.19. The van der Waals surface area contributed by atoms with Gasteiger partial charge in [0.25, 0.3) is 10.0 Å². The highest BCUT2D eigenvalue weighted by Gasteiger charge is 2.25. The van der Waals surface area contributed by atoms with Gasteiger partial charge in [-0.15, -0.1) is 10.2 Å². The normalized spacial score (nSPS) is 11.4. The molecule has 0 unspecified atom stereocenters. The van der Waals surface area contributed by atoms with Gasteiger partial charge in [-0.05, 0) is 19.1 Å². The molecule has 0 aliphatic heterocycles. The summed E-state index contributed by atoms with van der Waals surface area (Å²) in [6.45, 7) is 1.66. The third-order valence-electron chi connectivity index (χ3n) is 2.31. The van der Waals surface area contributed by atoms with Crippen molar-refractivity contribution in [2.75, 3.05) is 4.72 Å². The van der Waals surface area contributed by atoms with Crippen LogP contribution in [0.1, 0.15) is 15.4 Å². The van der Waals surface area contributed by atoms with Crippen molar-refractivity contribution in [2.45, 2.75) is 11.8 Å². The average Bonchev–Trinajstić information content (AvgIpc) is 2.72. The van der Waals surface area contributed by atoms with Crippen LogP contribution in [0.15, 0.2) is 17.0 Å². The molecule has 0 fully saturated rings. The number of hydrogen-bond donors (Lipinski definition) is 2. The Balaban J connectivity index is 2.50. The Labute approximate surface area is 133 Å². The zero-order chi connectivity index (χ0) is 15.8. The fraction of sp³-hybridized carbons (Fsp3) is 0.100. The minimum atomic E-state index is -4.10.